The molecule has 0 unspecified atom stereocenters. The maximum Gasteiger partial charge on any atom is 0.355 e. The summed E-state index contributed by atoms with van der Waals surface area (Å²) in [4.78, 5) is 21.0. The molecule has 1 aliphatic rings. The van der Waals surface area contributed by atoms with Gasteiger partial charge in [0.1, 0.15) is 0 Å². The fourth-order valence-electron chi connectivity index (χ4n) is 0.705. The monoisotopic (exact) mass is 162 g/mol. The molecule has 0 aliphatic carbocycles. The molecule has 1 rings (SSSR count). The summed E-state index contributed by atoms with van der Waals surface area (Å²) in [5.74, 6) is -3.71. The summed E-state index contributed by atoms with van der Waals surface area (Å²) in [5, 5.41) is 0. The van der Waals surface area contributed by atoms with Crippen molar-refractivity contribution in [3.63, 3.8) is 0 Å². The highest BCUT2D eigenvalue weighted by Gasteiger charge is 2.43. The largest absolute Gasteiger partial charge is 0.420 e. The molecule has 0 radical (unpaired) electrons. The number of cyclic esters (lactones) is 2. The van der Waals surface area contributed by atoms with Crippen molar-refractivity contribution in [1.29, 1.82) is 0 Å². The van der Waals surface area contributed by atoms with Gasteiger partial charge in [0.25, 0.3) is 12.0 Å². The van der Waals surface area contributed by atoms with Gasteiger partial charge in [0, 0.05) is 13.8 Å². The van der Waals surface area contributed by atoms with Crippen molar-refractivity contribution in [3.8, 4) is 0 Å². The average Bonchev–Trinajstić information content (AvgIpc) is 1.81. The highest BCUT2D eigenvalue weighted by molar-refractivity contribution is 5.99. The molecular weight excluding hydrogens is 155 g/mol. The fourth-order valence-corrected chi connectivity index (χ4v) is 0.705. The maximum atomic E-state index is 12.4. The van der Waals surface area contributed by atoms with Crippen molar-refractivity contribution < 1.29 is 23.5 Å². The molecule has 62 valence electrons. The number of rotatable bonds is 0. The van der Waals surface area contributed by atoms with E-state index >= 15 is 0 Å². The van der Waals surface area contributed by atoms with Gasteiger partial charge < -0.3 is 9.47 Å². The lowest BCUT2D eigenvalue weighted by atomic mass is 10.3. The van der Waals surface area contributed by atoms with Crippen LogP contribution < -0.4 is 0 Å². The van der Waals surface area contributed by atoms with E-state index in [1.54, 1.807) is 0 Å². The molecule has 0 atom stereocenters. The van der Waals surface area contributed by atoms with Gasteiger partial charge >= 0.3 is 11.9 Å². The Morgan fingerprint density at radius 1 is 1.27 bits per heavy atom. The van der Waals surface area contributed by atoms with E-state index in [4.69, 9.17) is 0 Å². The van der Waals surface area contributed by atoms with E-state index in [0.717, 1.165) is 0 Å². The van der Waals surface area contributed by atoms with Crippen molar-refractivity contribution in [2.45, 2.75) is 25.8 Å². The number of alkyl halides is 1. The third kappa shape index (κ3) is 1.47. The van der Waals surface area contributed by atoms with Gasteiger partial charge in [0.15, 0.2) is 0 Å². The summed E-state index contributed by atoms with van der Waals surface area (Å²) in [5.41, 5.74) is 0. The van der Waals surface area contributed by atoms with Crippen LogP contribution in [-0.2, 0) is 19.1 Å². The molecule has 0 spiro atoms. The number of halogens is 1. The van der Waals surface area contributed by atoms with E-state index in [0.29, 0.717) is 0 Å². The third-order valence-electron chi connectivity index (χ3n) is 1.11. The highest BCUT2D eigenvalue weighted by atomic mass is 19.1. The Bertz CT molecular complexity index is 191. The molecule has 11 heavy (non-hydrogen) atoms. The number of hydrogen-bond acceptors (Lipinski definition) is 4. The van der Waals surface area contributed by atoms with Gasteiger partial charge in [-0.2, -0.15) is 0 Å². The first kappa shape index (κ1) is 7.97. The zero-order valence-electron chi connectivity index (χ0n) is 6.09. The molecule has 0 saturated carbocycles. The topological polar surface area (TPSA) is 52.6 Å². The summed E-state index contributed by atoms with van der Waals surface area (Å²) >= 11 is 0. The van der Waals surface area contributed by atoms with Crippen molar-refractivity contribution in [1.82, 2.24) is 0 Å². The van der Waals surface area contributed by atoms with E-state index in [-0.39, 0.29) is 0 Å². The van der Waals surface area contributed by atoms with Crippen molar-refractivity contribution in [2.24, 2.45) is 0 Å². The molecule has 0 N–H and O–H groups in total. The van der Waals surface area contributed by atoms with E-state index in [1.807, 2.05) is 0 Å². The Balaban J connectivity index is 2.78. The molecule has 1 aliphatic heterocycles. The Labute approximate surface area is 62.3 Å². The van der Waals surface area contributed by atoms with Crippen LogP contribution in [0.25, 0.3) is 0 Å². The Morgan fingerprint density at radius 2 is 1.64 bits per heavy atom. The van der Waals surface area contributed by atoms with Crippen LogP contribution in [0.3, 0.4) is 0 Å². The van der Waals surface area contributed by atoms with E-state index in [9.17, 15) is 14.0 Å². The summed E-state index contributed by atoms with van der Waals surface area (Å²) in [7, 11) is 0. The van der Waals surface area contributed by atoms with Gasteiger partial charge in [-0.3, -0.25) is 0 Å². The van der Waals surface area contributed by atoms with Crippen molar-refractivity contribution in [3.05, 3.63) is 0 Å². The van der Waals surface area contributed by atoms with Gasteiger partial charge in [0.05, 0.1) is 0 Å². The molecule has 0 aromatic heterocycles. The number of ether oxygens (including phenoxy) is 2. The fraction of sp³-hybridized carbons (Fsp3) is 0.667. The quantitative estimate of drug-likeness (QED) is 0.376. The third-order valence-corrected chi connectivity index (χ3v) is 1.11. The lowest BCUT2D eigenvalue weighted by Crippen LogP contribution is -2.47. The molecule has 0 aromatic carbocycles. The summed E-state index contributed by atoms with van der Waals surface area (Å²) in [6, 6.07) is 0. The van der Waals surface area contributed by atoms with Crippen LogP contribution in [0.4, 0.5) is 4.39 Å². The zero-order valence-corrected chi connectivity index (χ0v) is 6.09. The number of carbonyl (C=O) groups excluding carboxylic acids is 2. The van der Waals surface area contributed by atoms with Crippen LogP contribution in [0.2, 0.25) is 0 Å². The van der Waals surface area contributed by atoms with Gasteiger partial charge in [-0.1, -0.05) is 0 Å². The van der Waals surface area contributed by atoms with Crippen LogP contribution in [0, 0.1) is 0 Å². The predicted molar refractivity (Wildman–Crippen MR) is 31.2 cm³/mol. The van der Waals surface area contributed by atoms with Crippen LogP contribution in [0.15, 0.2) is 0 Å². The molecule has 4 nitrogen and oxygen atoms in total. The molecule has 0 aromatic rings. The minimum Gasteiger partial charge on any atom is -0.420 e. The molecule has 1 fully saturated rings. The second kappa shape index (κ2) is 2.18. The molecule has 5 heteroatoms. The van der Waals surface area contributed by atoms with Crippen LogP contribution >= 0.6 is 0 Å². The normalized spacial score (nSPS) is 24.3. The Morgan fingerprint density at radius 3 is 2.00 bits per heavy atom. The maximum absolute atomic E-state index is 12.4. The lowest BCUT2D eigenvalue weighted by molar-refractivity contribution is -0.240. The number of carbonyl (C=O) groups is 2. The van der Waals surface area contributed by atoms with E-state index in [2.05, 4.69) is 9.47 Å². The molecule has 1 heterocycles. The second-order valence-corrected chi connectivity index (χ2v) is 2.60. The zero-order chi connectivity index (χ0) is 8.65. The Kier molecular flexibility index (Phi) is 1.58. The SMILES string of the molecule is CC1(C)OC(=O)C(F)C(=O)O1. The Hall–Kier alpha value is -1.13. The van der Waals surface area contributed by atoms with E-state index in [1.165, 1.54) is 13.8 Å². The van der Waals surface area contributed by atoms with Crippen molar-refractivity contribution >= 4 is 11.9 Å². The lowest BCUT2D eigenvalue weighted by Gasteiger charge is -2.29. The average molecular weight is 162 g/mol. The van der Waals surface area contributed by atoms with Crippen LogP contribution in [0.1, 0.15) is 13.8 Å². The number of esters is 2. The molecule has 0 amide bonds. The van der Waals surface area contributed by atoms with Gasteiger partial charge in [0.2, 0.25) is 0 Å². The smallest absolute Gasteiger partial charge is 0.355 e. The summed E-state index contributed by atoms with van der Waals surface area (Å²) < 4.78 is 21.2. The van der Waals surface area contributed by atoms with Gasteiger partial charge in [-0.05, 0) is 0 Å². The highest BCUT2D eigenvalue weighted by Crippen LogP contribution is 2.20. The van der Waals surface area contributed by atoms with Crippen molar-refractivity contribution in [2.75, 3.05) is 0 Å². The molecule has 1 saturated heterocycles. The van der Waals surface area contributed by atoms with Crippen LogP contribution in [0.5, 0.6) is 0 Å². The van der Waals surface area contributed by atoms with Gasteiger partial charge in [-0.15, -0.1) is 0 Å². The minimum absolute atomic E-state index is 1.19. The van der Waals surface area contributed by atoms with Crippen LogP contribution in [-0.4, -0.2) is 23.9 Å². The second-order valence-electron chi connectivity index (χ2n) is 2.60. The first-order chi connectivity index (χ1) is 4.92. The first-order valence-electron chi connectivity index (χ1n) is 3.02. The first-order valence-corrected chi connectivity index (χ1v) is 3.02. The number of hydrogen-bond donors (Lipinski definition) is 0. The molecule has 0 bridgehead atoms. The minimum atomic E-state index is -2.29. The molecular formula is C6H7FO4. The standard InChI is InChI=1S/C6H7FO4/c1-6(2)10-4(8)3(7)5(9)11-6/h3H,1-2H3. The van der Waals surface area contributed by atoms with E-state index < -0.39 is 23.9 Å². The summed E-state index contributed by atoms with van der Waals surface area (Å²) in [6.45, 7) is 2.71. The predicted octanol–water partition coefficient (Wildman–Crippen LogP) is 0.161. The van der Waals surface area contributed by atoms with Gasteiger partial charge in [-0.25, -0.2) is 14.0 Å². The summed E-state index contributed by atoms with van der Waals surface area (Å²) in [6.07, 6.45) is -2.29.